The maximum Gasteiger partial charge on any atom is 0.320 e. The molecule has 2 rings (SSSR count). The number of aryl methyl sites for hydroxylation is 1. The van der Waals surface area contributed by atoms with Crippen molar-refractivity contribution in [3.8, 4) is 0 Å². The van der Waals surface area contributed by atoms with Gasteiger partial charge in [0.15, 0.2) is 0 Å². The zero-order chi connectivity index (χ0) is 22.8. The first-order chi connectivity index (χ1) is 14.8. The van der Waals surface area contributed by atoms with Crippen LogP contribution in [-0.4, -0.2) is 41.0 Å². The van der Waals surface area contributed by atoms with Crippen LogP contribution in [-0.2, 0) is 20.8 Å². The van der Waals surface area contributed by atoms with Crippen molar-refractivity contribution in [3.63, 3.8) is 0 Å². The molecule has 0 fully saturated rings. The minimum atomic E-state index is -1.06. The number of hydrogen-bond acceptors (Lipinski definition) is 5. The topological polar surface area (TPSA) is 121 Å². The van der Waals surface area contributed by atoms with Gasteiger partial charge in [0.1, 0.15) is 17.8 Å². The predicted molar refractivity (Wildman–Crippen MR) is 118 cm³/mol. The molecule has 0 bridgehead atoms. The van der Waals surface area contributed by atoms with Crippen LogP contribution in [0, 0.1) is 5.92 Å². The van der Waals surface area contributed by atoms with E-state index >= 15 is 0 Å². The fourth-order valence-electron chi connectivity index (χ4n) is 3.13. The van der Waals surface area contributed by atoms with E-state index in [0.29, 0.717) is 30.7 Å². The molecular formula is C23H31N3O5. The first kappa shape index (κ1) is 24.1. The number of benzene rings is 1. The molecule has 8 heteroatoms. The number of amides is 2. The Morgan fingerprint density at radius 1 is 0.968 bits per heavy atom. The molecule has 2 aromatic rings. The third kappa shape index (κ3) is 8.25. The number of carboxylic acids is 1. The fraction of sp³-hybridized carbons (Fsp3) is 0.435. The highest BCUT2D eigenvalue weighted by molar-refractivity contribution is 5.97. The number of hydrogen-bond donors (Lipinski definition) is 4. The molecular weight excluding hydrogens is 398 g/mol. The molecule has 3 atom stereocenters. The molecule has 0 saturated carbocycles. The van der Waals surface area contributed by atoms with E-state index in [0.717, 1.165) is 0 Å². The quantitative estimate of drug-likeness (QED) is 0.412. The fourth-order valence-corrected chi connectivity index (χ4v) is 3.13. The Bertz CT molecular complexity index is 836. The lowest BCUT2D eigenvalue weighted by atomic mass is 10.0. The van der Waals surface area contributed by atoms with Crippen molar-refractivity contribution in [1.29, 1.82) is 0 Å². The zero-order valence-corrected chi connectivity index (χ0v) is 18.1. The van der Waals surface area contributed by atoms with Crippen molar-refractivity contribution in [1.82, 2.24) is 10.6 Å². The minimum Gasteiger partial charge on any atom is -0.480 e. The Balaban J connectivity index is 2.10. The number of para-hydroxylation sites is 1. The summed E-state index contributed by atoms with van der Waals surface area (Å²) in [5, 5.41) is 17.7. The molecule has 168 valence electrons. The van der Waals surface area contributed by atoms with Crippen LogP contribution in [0.15, 0.2) is 53.1 Å². The van der Waals surface area contributed by atoms with Gasteiger partial charge in [0.25, 0.3) is 0 Å². The first-order valence-corrected chi connectivity index (χ1v) is 10.4. The molecule has 0 saturated heterocycles. The van der Waals surface area contributed by atoms with Gasteiger partial charge in [-0.25, -0.2) is 0 Å². The number of aliphatic carboxylic acids is 1. The van der Waals surface area contributed by atoms with Gasteiger partial charge in [-0.3, -0.25) is 19.7 Å². The molecule has 0 unspecified atom stereocenters. The van der Waals surface area contributed by atoms with E-state index < -0.39 is 30.0 Å². The average molecular weight is 430 g/mol. The van der Waals surface area contributed by atoms with Gasteiger partial charge < -0.3 is 20.2 Å². The normalized spacial score (nSPS) is 13.9. The Labute approximate surface area is 182 Å². The van der Waals surface area contributed by atoms with E-state index in [1.54, 1.807) is 30.5 Å². The second-order valence-electron chi connectivity index (χ2n) is 7.94. The summed E-state index contributed by atoms with van der Waals surface area (Å²) in [4.78, 5) is 37.2. The molecule has 4 N–H and O–H groups in total. The molecule has 0 aliphatic carbocycles. The van der Waals surface area contributed by atoms with E-state index in [9.17, 15) is 19.5 Å². The summed E-state index contributed by atoms with van der Waals surface area (Å²) in [6, 6.07) is 10.1. The molecule has 31 heavy (non-hydrogen) atoms. The highest BCUT2D eigenvalue weighted by Crippen LogP contribution is 2.12. The van der Waals surface area contributed by atoms with Gasteiger partial charge in [-0.05, 0) is 49.9 Å². The highest BCUT2D eigenvalue weighted by atomic mass is 16.4. The van der Waals surface area contributed by atoms with E-state index in [4.69, 9.17) is 4.42 Å². The molecule has 0 radical (unpaired) electrons. The molecule has 2 amide bonds. The van der Waals surface area contributed by atoms with Gasteiger partial charge in [-0.15, -0.1) is 0 Å². The van der Waals surface area contributed by atoms with Crippen LogP contribution < -0.4 is 16.0 Å². The Morgan fingerprint density at radius 2 is 1.68 bits per heavy atom. The Hall–Kier alpha value is -3.13. The van der Waals surface area contributed by atoms with Crippen molar-refractivity contribution in [3.05, 3.63) is 54.5 Å². The Kier molecular flexibility index (Phi) is 9.27. The number of nitrogens with one attached hydrogen (secondary N) is 3. The molecule has 1 aromatic carbocycles. The first-order valence-electron chi connectivity index (χ1n) is 10.4. The molecule has 0 aliphatic heterocycles. The monoisotopic (exact) mass is 429 g/mol. The number of carbonyl (C=O) groups excluding carboxylic acids is 2. The van der Waals surface area contributed by atoms with Crippen LogP contribution in [0.4, 0.5) is 5.69 Å². The summed E-state index contributed by atoms with van der Waals surface area (Å²) < 4.78 is 5.31. The number of carboxylic acid groups (broad SMARTS) is 1. The number of rotatable bonds is 12. The van der Waals surface area contributed by atoms with E-state index in [2.05, 4.69) is 16.0 Å². The maximum absolute atomic E-state index is 13.0. The smallest absolute Gasteiger partial charge is 0.320 e. The Morgan fingerprint density at radius 3 is 2.26 bits per heavy atom. The van der Waals surface area contributed by atoms with E-state index in [1.807, 2.05) is 32.0 Å². The summed E-state index contributed by atoms with van der Waals surface area (Å²) in [5.41, 5.74) is 0.641. The van der Waals surface area contributed by atoms with Crippen LogP contribution in [0.2, 0.25) is 0 Å². The lowest BCUT2D eigenvalue weighted by molar-refractivity contribution is -0.139. The zero-order valence-electron chi connectivity index (χ0n) is 18.1. The second kappa shape index (κ2) is 11.9. The number of furan rings is 1. The molecule has 8 nitrogen and oxygen atoms in total. The largest absolute Gasteiger partial charge is 0.480 e. The van der Waals surface area contributed by atoms with Gasteiger partial charge >= 0.3 is 5.97 Å². The van der Waals surface area contributed by atoms with Crippen LogP contribution in [0.3, 0.4) is 0 Å². The lowest BCUT2D eigenvalue weighted by Gasteiger charge is -2.25. The molecule has 1 aromatic heterocycles. The summed E-state index contributed by atoms with van der Waals surface area (Å²) in [5.74, 6) is -0.934. The maximum atomic E-state index is 13.0. The highest BCUT2D eigenvalue weighted by Gasteiger charge is 2.28. The number of anilines is 1. The number of carbonyl (C=O) groups is 3. The molecule has 1 heterocycles. The summed E-state index contributed by atoms with van der Waals surface area (Å²) in [6.45, 7) is 5.41. The molecule has 0 spiro atoms. The summed E-state index contributed by atoms with van der Waals surface area (Å²) in [6.07, 6.45) is 2.77. The van der Waals surface area contributed by atoms with E-state index in [1.165, 1.54) is 6.92 Å². The van der Waals surface area contributed by atoms with E-state index in [-0.39, 0.29) is 11.8 Å². The van der Waals surface area contributed by atoms with Crippen molar-refractivity contribution in [2.45, 2.75) is 58.2 Å². The average Bonchev–Trinajstić information content (AvgIpc) is 3.24. The van der Waals surface area contributed by atoms with Crippen LogP contribution >= 0.6 is 0 Å². The van der Waals surface area contributed by atoms with Gasteiger partial charge in [0.05, 0.1) is 12.3 Å². The SMILES string of the molecule is CC(C)C[C@H](NC(=O)[C@H](CCc1ccco1)N[C@H](C)C(=O)O)C(=O)Nc1ccccc1. The van der Waals surface area contributed by atoms with Crippen LogP contribution in [0.1, 0.15) is 39.4 Å². The van der Waals surface area contributed by atoms with Crippen LogP contribution in [0.25, 0.3) is 0 Å². The minimum absolute atomic E-state index is 0.166. The van der Waals surface area contributed by atoms with Gasteiger partial charge in [-0.1, -0.05) is 32.0 Å². The summed E-state index contributed by atoms with van der Waals surface area (Å²) in [7, 11) is 0. The van der Waals surface area contributed by atoms with Crippen LogP contribution in [0.5, 0.6) is 0 Å². The van der Waals surface area contributed by atoms with Gasteiger partial charge in [0, 0.05) is 12.1 Å². The third-order valence-electron chi connectivity index (χ3n) is 4.78. The standard InChI is InChI=1S/C23H31N3O5/c1-15(2)14-20(22(28)25-17-8-5-4-6-9-17)26-21(27)19(24-16(3)23(29)30)12-11-18-10-7-13-31-18/h4-10,13,15-16,19-20,24H,11-12,14H2,1-3H3,(H,25,28)(H,26,27)(H,29,30)/t16-,19+,20+/m1/s1. The third-order valence-corrected chi connectivity index (χ3v) is 4.78. The van der Waals surface area contributed by atoms with Gasteiger partial charge in [-0.2, -0.15) is 0 Å². The second-order valence-corrected chi connectivity index (χ2v) is 7.94. The van der Waals surface area contributed by atoms with Crippen molar-refractivity contribution in [2.75, 3.05) is 5.32 Å². The van der Waals surface area contributed by atoms with Crippen molar-refractivity contribution in [2.24, 2.45) is 5.92 Å². The predicted octanol–water partition coefficient (Wildman–Crippen LogP) is 2.81. The van der Waals surface area contributed by atoms with Crippen molar-refractivity contribution < 1.29 is 23.9 Å². The van der Waals surface area contributed by atoms with Gasteiger partial charge in [0.2, 0.25) is 11.8 Å². The summed E-state index contributed by atoms with van der Waals surface area (Å²) >= 11 is 0. The lowest BCUT2D eigenvalue weighted by Crippen LogP contribution is -2.54. The molecule has 0 aliphatic rings. The van der Waals surface area contributed by atoms with Crippen molar-refractivity contribution >= 4 is 23.5 Å².